The van der Waals surface area contributed by atoms with Gasteiger partial charge in [0.25, 0.3) is 0 Å². The quantitative estimate of drug-likeness (QED) is 0.778. The van der Waals surface area contributed by atoms with Crippen molar-refractivity contribution in [2.75, 3.05) is 0 Å². The van der Waals surface area contributed by atoms with Gasteiger partial charge in [-0.25, -0.2) is 4.98 Å². The molecule has 3 aromatic rings. The number of carboxylic acid groups (broad SMARTS) is 1. The number of aromatic nitrogens is 3. The van der Waals surface area contributed by atoms with Crippen LogP contribution < -0.4 is 0 Å². The summed E-state index contributed by atoms with van der Waals surface area (Å²) >= 11 is 3.44. The highest BCUT2D eigenvalue weighted by Crippen LogP contribution is 2.27. The lowest BCUT2D eigenvalue weighted by Gasteiger charge is -1.99. The van der Waals surface area contributed by atoms with Crippen LogP contribution in [0.25, 0.3) is 16.8 Å². The van der Waals surface area contributed by atoms with E-state index < -0.39 is 5.97 Å². The van der Waals surface area contributed by atoms with Crippen molar-refractivity contribution in [3.8, 4) is 6.07 Å². The Kier molecular flexibility index (Phi) is 2.76. The van der Waals surface area contributed by atoms with E-state index in [0.29, 0.717) is 27.2 Å². The van der Waals surface area contributed by atoms with Crippen molar-refractivity contribution >= 4 is 38.7 Å². The maximum atomic E-state index is 10.9. The van der Waals surface area contributed by atoms with Crippen molar-refractivity contribution in [2.45, 2.75) is 6.42 Å². The number of aryl methyl sites for hydroxylation is 1. The highest BCUT2D eigenvalue weighted by atomic mass is 79.9. The minimum atomic E-state index is -0.898. The van der Waals surface area contributed by atoms with E-state index in [1.807, 2.05) is 10.5 Å². The number of hydrogen-bond acceptors (Lipinski definition) is 3. The lowest BCUT2D eigenvalue weighted by molar-refractivity contribution is -0.136. The van der Waals surface area contributed by atoms with Crippen LogP contribution in [0.3, 0.4) is 0 Å². The minimum Gasteiger partial charge on any atom is -0.481 e. The number of benzene rings is 1. The number of hydrogen-bond donors (Lipinski definition) is 1. The number of nitriles is 1. The smallest absolute Gasteiger partial charge is 0.309 e. The van der Waals surface area contributed by atoms with Crippen LogP contribution in [0.4, 0.5) is 0 Å². The molecule has 0 unspecified atom stereocenters. The molecule has 20 heavy (non-hydrogen) atoms. The zero-order chi connectivity index (χ0) is 14.4. The Balaban J connectivity index is 2.36. The molecule has 0 amide bonds. The number of rotatable bonds is 2. The fourth-order valence-electron chi connectivity index (χ4n) is 2.28. The van der Waals surface area contributed by atoms with Crippen LogP contribution in [-0.4, -0.2) is 25.0 Å². The summed E-state index contributed by atoms with van der Waals surface area (Å²) in [5.74, 6) is -0.260. The largest absolute Gasteiger partial charge is 0.481 e. The molecular formula is C13H9BrN4O2. The third-order valence-corrected chi connectivity index (χ3v) is 4.04. The average Bonchev–Trinajstić information content (AvgIpc) is 2.89. The predicted molar refractivity (Wildman–Crippen MR) is 75.4 cm³/mol. The van der Waals surface area contributed by atoms with Crippen LogP contribution in [0, 0.1) is 11.3 Å². The number of imidazole rings is 2. The summed E-state index contributed by atoms with van der Waals surface area (Å²) in [4.78, 5) is 15.4. The molecule has 0 saturated heterocycles. The lowest BCUT2D eigenvalue weighted by Crippen LogP contribution is -2.05. The number of nitrogens with zero attached hydrogens (tertiary/aromatic N) is 4. The SMILES string of the molecule is Cn1c(CC(=O)O)c(Br)n2c3ccc(C#N)cc3nc12. The van der Waals surface area contributed by atoms with E-state index in [2.05, 4.69) is 27.0 Å². The topological polar surface area (TPSA) is 83.3 Å². The van der Waals surface area contributed by atoms with Gasteiger partial charge in [-0.05, 0) is 34.1 Å². The van der Waals surface area contributed by atoms with E-state index in [1.165, 1.54) is 0 Å². The van der Waals surface area contributed by atoms with Crippen LogP contribution >= 0.6 is 15.9 Å². The van der Waals surface area contributed by atoms with Crippen LogP contribution in [0.1, 0.15) is 11.3 Å². The van der Waals surface area contributed by atoms with E-state index >= 15 is 0 Å². The first-order valence-electron chi connectivity index (χ1n) is 5.80. The summed E-state index contributed by atoms with van der Waals surface area (Å²) in [5.41, 5.74) is 2.73. The maximum absolute atomic E-state index is 10.9. The first kappa shape index (κ1) is 12.7. The third kappa shape index (κ3) is 1.69. The van der Waals surface area contributed by atoms with Crippen LogP contribution in [0.5, 0.6) is 0 Å². The van der Waals surface area contributed by atoms with E-state index in [0.717, 1.165) is 5.52 Å². The van der Waals surface area contributed by atoms with Crippen molar-refractivity contribution < 1.29 is 9.90 Å². The Bertz CT molecular complexity index is 901. The van der Waals surface area contributed by atoms with Crippen LogP contribution in [0.2, 0.25) is 0 Å². The summed E-state index contributed by atoms with van der Waals surface area (Å²) in [5, 5.41) is 17.9. The highest BCUT2D eigenvalue weighted by molar-refractivity contribution is 9.10. The Hall–Kier alpha value is -2.33. The van der Waals surface area contributed by atoms with E-state index in [1.54, 1.807) is 23.7 Å². The Labute approximate surface area is 122 Å². The molecule has 2 heterocycles. The molecule has 0 atom stereocenters. The second-order valence-electron chi connectivity index (χ2n) is 4.43. The Morgan fingerprint density at radius 3 is 2.95 bits per heavy atom. The number of carboxylic acids is 1. The molecule has 1 aromatic carbocycles. The first-order chi connectivity index (χ1) is 9.52. The van der Waals surface area contributed by atoms with Gasteiger partial charge < -0.3 is 9.67 Å². The predicted octanol–water partition coefficient (Wildman–Crippen LogP) is 2.09. The van der Waals surface area contributed by atoms with Gasteiger partial charge in [-0.2, -0.15) is 5.26 Å². The van der Waals surface area contributed by atoms with E-state index in [9.17, 15) is 4.79 Å². The molecule has 6 nitrogen and oxygen atoms in total. The van der Waals surface area contributed by atoms with Gasteiger partial charge in [-0.1, -0.05) is 0 Å². The van der Waals surface area contributed by atoms with Crippen molar-refractivity contribution in [1.29, 1.82) is 5.26 Å². The zero-order valence-electron chi connectivity index (χ0n) is 10.5. The summed E-state index contributed by atoms with van der Waals surface area (Å²) in [6, 6.07) is 7.31. The monoisotopic (exact) mass is 332 g/mol. The molecule has 100 valence electrons. The van der Waals surface area contributed by atoms with Crippen LogP contribution in [-0.2, 0) is 18.3 Å². The van der Waals surface area contributed by atoms with Crippen molar-refractivity contribution in [3.05, 3.63) is 34.1 Å². The molecule has 0 radical (unpaired) electrons. The van der Waals surface area contributed by atoms with Gasteiger partial charge in [0.1, 0.15) is 4.60 Å². The maximum Gasteiger partial charge on any atom is 0.309 e. The highest BCUT2D eigenvalue weighted by Gasteiger charge is 2.19. The van der Waals surface area contributed by atoms with Gasteiger partial charge in [0.05, 0.1) is 34.8 Å². The Morgan fingerprint density at radius 2 is 2.30 bits per heavy atom. The Morgan fingerprint density at radius 1 is 1.55 bits per heavy atom. The first-order valence-corrected chi connectivity index (χ1v) is 6.59. The van der Waals surface area contributed by atoms with Gasteiger partial charge in [-0.15, -0.1) is 0 Å². The molecule has 3 rings (SSSR count). The molecule has 0 aliphatic rings. The van der Waals surface area contributed by atoms with E-state index in [-0.39, 0.29) is 6.42 Å². The normalized spacial score (nSPS) is 11.1. The fourth-order valence-corrected chi connectivity index (χ4v) is 3.03. The lowest BCUT2D eigenvalue weighted by atomic mass is 10.2. The molecule has 0 aliphatic heterocycles. The number of fused-ring (bicyclic) bond motifs is 3. The third-order valence-electron chi connectivity index (χ3n) is 3.22. The number of aliphatic carboxylic acids is 1. The number of halogens is 1. The summed E-state index contributed by atoms with van der Waals surface area (Å²) in [6.07, 6.45) is -0.0851. The summed E-state index contributed by atoms with van der Waals surface area (Å²) in [7, 11) is 1.77. The molecule has 0 spiro atoms. The van der Waals surface area contributed by atoms with Gasteiger partial charge in [0.15, 0.2) is 0 Å². The standard InChI is InChI=1S/C13H9BrN4O2/c1-17-10(5-11(19)20)12(14)18-9-3-2-7(6-15)4-8(9)16-13(17)18/h2-4H,5H2,1H3,(H,19,20). The molecular weight excluding hydrogens is 324 g/mol. The van der Waals surface area contributed by atoms with Gasteiger partial charge in [-0.3, -0.25) is 9.20 Å². The molecule has 1 N–H and O–H groups in total. The summed E-state index contributed by atoms with van der Waals surface area (Å²) < 4.78 is 4.25. The molecule has 7 heteroatoms. The molecule has 2 aromatic heterocycles. The second-order valence-corrected chi connectivity index (χ2v) is 5.18. The second kappa shape index (κ2) is 4.35. The average molecular weight is 333 g/mol. The van der Waals surface area contributed by atoms with Gasteiger partial charge >= 0.3 is 5.97 Å². The van der Waals surface area contributed by atoms with Gasteiger partial charge in [0.2, 0.25) is 5.78 Å². The van der Waals surface area contributed by atoms with E-state index in [4.69, 9.17) is 10.4 Å². The molecule has 0 saturated carbocycles. The number of carbonyl (C=O) groups is 1. The molecule has 0 aliphatic carbocycles. The van der Waals surface area contributed by atoms with Crippen molar-refractivity contribution in [1.82, 2.24) is 14.0 Å². The molecule has 0 fully saturated rings. The van der Waals surface area contributed by atoms with Crippen molar-refractivity contribution in [2.24, 2.45) is 7.05 Å². The van der Waals surface area contributed by atoms with Crippen LogP contribution in [0.15, 0.2) is 22.8 Å². The zero-order valence-corrected chi connectivity index (χ0v) is 12.0. The minimum absolute atomic E-state index is 0.0851. The molecule has 0 bridgehead atoms. The fraction of sp³-hybridized carbons (Fsp3) is 0.154. The van der Waals surface area contributed by atoms with Gasteiger partial charge in [0, 0.05) is 7.05 Å². The summed E-state index contributed by atoms with van der Waals surface area (Å²) in [6.45, 7) is 0. The van der Waals surface area contributed by atoms with Crippen molar-refractivity contribution in [3.63, 3.8) is 0 Å².